The van der Waals surface area contributed by atoms with Crippen molar-refractivity contribution in [1.82, 2.24) is 5.32 Å². The number of nitrogens with two attached hydrogens (primary N) is 1. The van der Waals surface area contributed by atoms with Gasteiger partial charge < -0.3 is 15.8 Å². The summed E-state index contributed by atoms with van der Waals surface area (Å²) < 4.78 is 6.62. The molecular formula is C14H19BrN2O2. The number of hydrogen-bond acceptors (Lipinski definition) is 3. The summed E-state index contributed by atoms with van der Waals surface area (Å²) in [7, 11) is 0. The first kappa shape index (κ1) is 14.3. The monoisotopic (exact) mass is 326 g/mol. The molecule has 5 heteroatoms. The van der Waals surface area contributed by atoms with Crippen molar-refractivity contribution in [1.29, 1.82) is 0 Å². The molecule has 1 saturated carbocycles. The smallest absolute Gasteiger partial charge is 0.223 e. The Kier molecular flexibility index (Phi) is 4.82. The van der Waals surface area contributed by atoms with Gasteiger partial charge in [0.25, 0.3) is 0 Å². The first-order valence-corrected chi connectivity index (χ1v) is 7.33. The summed E-state index contributed by atoms with van der Waals surface area (Å²) in [6.45, 7) is 2.28. The summed E-state index contributed by atoms with van der Waals surface area (Å²) in [4.78, 5) is 11.5. The lowest BCUT2D eigenvalue weighted by Crippen LogP contribution is -2.26. The van der Waals surface area contributed by atoms with Crippen LogP contribution in [0.1, 0.15) is 37.8 Å². The van der Waals surface area contributed by atoms with Crippen molar-refractivity contribution in [3.05, 3.63) is 28.2 Å². The molecule has 0 aliphatic heterocycles. The van der Waals surface area contributed by atoms with Gasteiger partial charge in [0, 0.05) is 22.1 Å². The molecule has 1 amide bonds. The fourth-order valence-electron chi connectivity index (χ4n) is 1.79. The van der Waals surface area contributed by atoms with Crippen molar-refractivity contribution < 1.29 is 9.53 Å². The Morgan fingerprint density at radius 1 is 1.58 bits per heavy atom. The molecule has 0 heterocycles. The zero-order valence-corrected chi connectivity index (χ0v) is 12.6. The van der Waals surface area contributed by atoms with Gasteiger partial charge in [-0.1, -0.05) is 22.0 Å². The number of benzene rings is 1. The molecule has 104 valence electrons. The van der Waals surface area contributed by atoms with Gasteiger partial charge in [0.2, 0.25) is 5.91 Å². The van der Waals surface area contributed by atoms with Gasteiger partial charge in [-0.05, 0) is 31.9 Å². The second kappa shape index (κ2) is 6.39. The average molecular weight is 327 g/mol. The third kappa shape index (κ3) is 4.51. The molecule has 0 unspecified atom stereocenters. The number of hydrogen-bond donors (Lipinski definition) is 2. The lowest BCUT2D eigenvalue weighted by molar-refractivity contribution is -0.121. The number of carbonyl (C=O) groups excluding carboxylic acids is 1. The number of ether oxygens (including phenoxy) is 1. The van der Waals surface area contributed by atoms with Crippen molar-refractivity contribution >= 4 is 21.8 Å². The van der Waals surface area contributed by atoms with E-state index in [2.05, 4.69) is 21.2 Å². The molecule has 1 atom stereocenters. The van der Waals surface area contributed by atoms with Crippen LogP contribution in [0.2, 0.25) is 0 Å². The van der Waals surface area contributed by atoms with E-state index >= 15 is 0 Å². The molecule has 0 saturated heterocycles. The highest BCUT2D eigenvalue weighted by Crippen LogP contribution is 2.27. The number of rotatable bonds is 6. The molecule has 0 aromatic heterocycles. The van der Waals surface area contributed by atoms with E-state index in [1.165, 1.54) is 0 Å². The molecule has 1 fully saturated rings. The zero-order valence-electron chi connectivity index (χ0n) is 11.0. The van der Waals surface area contributed by atoms with Gasteiger partial charge >= 0.3 is 0 Å². The van der Waals surface area contributed by atoms with E-state index in [0.29, 0.717) is 19.1 Å². The predicted molar refractivity (Wildman–Crippen MR) is 78.0 cm³/mol. The first-order valence-electron chi connectivity index (χ1n) is 6.53. The molecule has 1 aliphatic carbocycles. The van der Waals surface area contributed by atoms with Crippen LogP contribution in [-0.2, 0) is 4.79 Å². The molecular weight excluding hydrogens is 308 g/mol. The van der Waals surface area contributed by atoms with Gasteiger partial charge in [0.05, 0.1) is 13.0 Å². The highest BCUT2D eigenvalue weighted by atomic mass is 79.9. The van der Waals surface area contributed by atoms with Crippen LogP contribution in [0.3, 0.4) is 0 Å². The van der Waals surface area contributed by atoms with Crippen LogP contribution in [-0.4, -0.2) is 18.6 Å². The highest BCUT2D eigenvalue weighted by molar-refractivity contribution is 9.10. The highest BCUT2D eigenvalue weighted by Gasteiger charge is 2.22. The molecule has 0 radical (unpaired) electrons. The largest absolute Gasteiger partial charge is 0.493 e. The lowest BCUT2D eigenvalue weighted by Gasteiger charge is -2.14. The summed E-state index contributed by atoms with van der Waals surface area (Å²) in [5.74, 6) is 0.795. The van der Waals surface area contributed by atoms with E-state index in [9.17, 15) is 4.79 Å². The van der Waals surface area contributed by atoms with Crippen LogP contribution in [0.25, 0.3) is 0 Å². The summed E-state index contributed by atoms with van der Waals surface area (Å²) in [5.41, 5.74) is 6.85. The van der Waals surface area contributed by atoms with Crippen LogP contribution in [0.5, 0.6) is 5.75 Å². The Labute approximate surface area is 121 Å². The average Bonchev–Trinajstić information content (AvgIpc) is 3.12. The van der Waals surface area contributed by atoms with E-state index in [1.54, 1.807) is 0 Å². The standard InChI is InChI=1S/C14H19BrN2O2/c1-9(16)12-5-2-10(15)8-13(12)19-7-6-14(18)17-11-3-4-11/h2,5,8-9,11H,3-4,6-7,16H2,1H3,(H,17,18)/t9-/m1/s1. The van der Waals surface area contributed by atoms with Crippen LogP contribution in [0.15, 0.2) is 22.7 Å². The second-order valence-corrected chi connectivity index (χ2v) is 5.83. The van der Waals surface area contributed by atoms with E-state index in [0.717, 1.165) is 28.6 Å². The van der Waals surface area contributed by atoms with Crippen molar-refractivity contribution in [2.24, 2.45) is 5.73 Å². The van der Waals surface area contributed by atoms with Crippen LogP contribution in [0.4, 0.5) is 0 Å². The molecule has 1 aromatic carbocycles. The van der Waals surface area contributed by atoms with Gasteiger partial charge in [-0.25, -0.2) is 0 Å². The molecule has 0 spiro atoms. The maximum absolute atomic E-state index is 11.5. The Balaban J connectivity index is 1.87. The lowest BCUT2D eigenvalue weighted by atomic mass is 10.1. The van der Waals surface area contributed by atoms with Gasteiger partial charge in [0.1, 0.15) is 5.75 Å². The normalized spacial score (nSPS) is 15.9. The molecule has 1 aromatic rings. The number of nitrogens with one attached hydrogen (secondary N) is 1. The molecule has 2 rings (SSSR count). The minimum atomic E-state index is -0.0941. The molecule has 0 bridgehead atoms. The topological polar surface area (TPSA) is 64.3 Å². The van der Waals surface area contributed by atoms with Gasteiger partial charge in [0.15, 0.2) is 0 Å². The number of carbonyl (C=O) groups is 1. The molecule has 3 N–H and O–H groups in total. The van der Waals surface area contributed by atoms with Crippen LogP contribution < -0.4 is 15.8 Å². The Hall–Kier alpha value is -1.07. The van der Waals surface area contributed by atoms with Gasteiger partial charge in [-0.2, -0.15) is 0 Å². The number of halogens is 1. The summed E-state index contributed by atoms with van der Waals surface area (Å²) in [6, 6.07) is 6.07. The van der Waals surface area contributed by atoms with E-state index in [1.807, 2.05) is 25.1 Å². The quantitative estimate of drug-likeness (QED) is 0.844. The summed E-state index contributed by atoms with van der Waals surface area (Å²) >= 11 is 3.41. The number of amides is 1. The maximum Gasteiger partial charge on any atom is 0.223 e. The maximum atomic E-state index is 11.5. The Bertz CT molecular complexity index is 459. The zero-order chi connectivity index (χ0) is 13.8. The minimum absolute atomic E-state index is 0.0554. The van der Waals surface area contributed by atoms with Crippen molar-refractivity contribution in [2.75, 3.05) is 6.61 Å². The minimum Gasteiger partial charge on any atom is -0.493 e. The summed E-state index contributed by atoms with van der Waals surface area (Å²) in [5, 5.41) is 2.94. The molecule has 1 aliphatic rings. The first-order chi connectivity index (χ1) is 9.06. The fraction of sp³-hybridized carbons (Fsp3) is 0.500. The van der Waals surface area contributed by atoms with Crippen LogP contribution >= 0.6 is 15.9 Å². The second-order valence-electron chi connectivity index (χ2n) is 4.91. The predicted octanol–water partition coefficient (Wildman–Crippen LogP) is 2.52. The van der Waals surface area contributed by atoms with Crippen molar-refractivity contribution in [3.63, 3.8) is 0 Å². The third-order valence-electron chi connectivity index (χ3n) is 3.00. The van der Waals surface area contributed by atoms with Crippen molar-refractivity contribution in [3.8, 4) is 5.75 Å². The Morgan fingerprint density at radius 3 is 2.95 bits per heavy atom. The van der Waals surface area contributed by atoms with Gasteiger partial charge in [-0.15, -0.1) is 0 Å². The van der Waals surface area contributed by atoms with Crippen molar-refractivity contribution in [2.45, 2.75) is 38.3 Å². The Morgan fingerprint density at radius 2 is 2.32 bits per heavy atom. The molecule has 19 heavy (non-hydrogen) atoms. The van der Waals surface area contributed by atoms with E-state index in [4.69, 9.17) is 10.5 Å². The van der Waals surface area contributed by atoms with E-state index in [-0.39, 0.29) is 11.9 Å². The van der Waals surface area contributed by atoms with Crippen LogP contribution in [0, 0.1) is 0 Å². The molecule has 4 nitrogen and oxygen atoms in total. The SMILES string of the molecule is C[C@@H](N)c1ccc(Br)cc1OCCC(=O)NC1CC1. The summed E-state index contributed by atoms with van der Waals surface area (Å²) in [6.07, 6.45) is 2.58. The van der Waals surface area contributed by atoms with Gasteiger partial charge in [-0.3, -0.25) is 4.79 Å². The third-order valence-corrected chi connectivity index (χ3v) is 3.49. The van der Waals surface area contributed by atoms with E-state index < -0.39 is 0 Å². The fourth-order valence-corrected chi connectivity index (χ4v) is 2.13.